The number of nitrogens with zero attached hydrogens (tertiary/aromatic N) is 1. The van der Waals surface area contributed by atoms with Crippen molar-refractivity contribution in [2.24, 2.45) is 10.7 Å². The van der Waals surface area contributed by atoms with Gasteiger partial charge in [0, 0.05) is 6.61 Å². The van der Waals surface area contributed by atoms with Crippen molar-refractivity contribution < 1.29 is 13.9 Å². The predicted octanol–water partition coefficient (Wildman–Crippen LogP) is 1.62. The predicted molar refractivity (Wildman–Crippen MR) is 62.1 cm³/mol. The number of rotatable bonds is 4. The molecule has 92 valence electrons. The van der Waals surface area contributed by atoms with Crippen LogP contribution < -0.4 is 5.73 Å². The second-order valence-electron chi connectivity index (χ2n) is 3.77. The summed E-state index contributed by atoms with van der Waals surface area (Å²) in [5.74, 6) is -0.269. The highest BCUT2D eigenvalue weighted by molar-refractivity contribution is 5.73. The van der Waals surface area contributed by atoms with Gasteiger partial charge in [0.1, 0.15) is 24.6 Å². The van der Waals surface area contributed by atoms with Crippen LogP contribution >= 0.6 is 0 Å². The Morgan fingerprint density at radius 3 is 2.76 bits per heavy atom. The molecule has 4 nitrogen and oxygen atoms in total. The summed E-state index contributed by atoms with van der Waals surface area (Å²) in [5.41, 5.74) is 6.35. The number of nitrogens with two attached hydrogens (primary N) is 1. The fourth-order valence-electron chi connectivity index (χ4n) is 1.83. The van der Waals surface area contributed by atoms with Crippen LogP contribution in [0.5, 0.6) is 0 Å². The van der Waals surface area contributed by atoms with Crippen LogP contribution in [0.3, 0.4) is 0 Å². The summed E-state index contributed by atoms with van der Waals surface area (Å²) in [4.78, 5) is 4.16. The zero-order valence-corrected chi connectivity index (χ0v) is 9.60. The Morgan fingerprint density at radius 2 is 2.24 bits per heavy atom. The van der Waals surface area contributed by atoms with E-state index in [1.165, 1.54) is 12.1 Å². The van der Waals surface area contributed by atoms with Crippen LogP contribution in [-0.2, 0) is 9.47 Å². The number of ether oxygens (including phenoxy) is 2. The van der Waals surface area contributed by atoms with Gasteiger partial charge in [0.05, 0.1) is 0 Å². The maximum absolute atomic E-state index is 12.9. The first-order valence-electron chi connectivity index (χ1n) is 5.54. The van der Waals surface area contributed by atoms with Crippen LogP contribution in [0.4, 0.5) is 4.39 Å². The van der Waals surface area contributed by atoms with Crippen LogP contribution in [0.2, 0.25) is 0 Å². The van der Waals surface area contributed by atoms with Gasteiger partial charge in [0.2, 0.25) is 0 Å². The van der Waals surface area contributed by atoms with E-state index in [1.54, 1.807) is 12.1 Å². The summed E-state index contributed by atoms with van der Waals surface area (Å²) < 4.78 is 23.6. The third-order valence-electron chi connectivity index (χ3n) is 2.59. The minimum atomic E-state index is -0.269. The molecule has 5 heteroatoms. The number of hydrogen-bond acceptors (Lipinski definition) is 4. The summed E-state index contributed by atoms with van der Waals surface area (Å²) in [5, 5.41) is 0. The number of halogens is 1. The number of aliphatic imine (C=N–C) groups is 1. The average molecular weight is 238 g/mol. The van der Waals surface area contributed by atoms with Gasteiger partial charge in [-0.15, -0.1) is 0 Å². The first-order valence-corrected chi connectivity index (χ1v) is 5.54. The minimum absolute atomic E-state index is 0.166. The van der Waals surface area contributed by atoms with E-state index >= 15 is 0 Å². The molecule has 1 aliphatic heterocycles. The maximum Gasteiger partial charge on any atom is 0.282 e. The Kier molecular flexibility index (Phi) is 3.58. The van der Waals surface area contributed by atoms with Gasteiger partial charge in [-0.1, -0.05) is 12.1 Å². The largest absolute Gasteiger partial charge is 0.463 e. The van der Waals surface area contributed by atoms with E-state index in [0.717, 1.165) is 5.56 Å². The normalized spacial score (nSPS) is 20.8. The zero-order chi connectivity index (χ0) is 12.3. The van der Waals surface area contributed by atoms with Gasteiger partial charge in [0.15, 0.2) is 0 Å². The van der Waals surface area contributed by atoms with Crippen molar-refractivity contribution in [3.63, 3.8) is 0 Å². The molecule has 1 unspecified atom stereocenters. The van der Waals surface area contributed by atoms with E-state index < -0.39 is 0 Å². The first kappa shape index (κ1) is 11.9. The molecule has 0 bridgehead atoms. The molecule has 1 aromatic carbocycles. The van der Waals surface area contributed by atoms with E-state index in [9.17, 15) is 4.39 Å². The van der Waals surface area contributed by atoms with E-state index in [1.807, 2.05) is 6.92 Å². The van der Waals surface area contributed by atoms with Crippen LogP contribution in [0.1, 0.15) is 18.6 Å². The lowest BCUT2D eigenvalue weighted by atomic mass is 10.0. The Morgan fingerprint density at radius 1 is 1.53 bits per heavy atom. The molecule has 0 fully saturated rings. The van der Waals surface area contributed by atoms with Crippen molar-refractivity contribution in [3.05, 3.63) is 35.6 Å². The molecule has 0 amide bonds. The molecule has 0 saturated heterocycles. The number of amidine groups is 1. The Balaban J connectivity index is 2.19. The zero-order valence-electron chi connectivity index (χ0n) is 9.60. The smallest absolute Gasteiger partial charge is 0.282 e. The monoisotopic (exact) mass is 238 g/mol. The molecular formula is C12H15FN2O2. The Labute approximate surface area is 99.2 Å². The van der Waals surface area contributed by atoms with Gasteiger partial charge in [-0.3, -0.25) is 0 Å². The summed E-state index contributed by atoms with van der Waals surface area (Å²) in [6.45, 7) is 2.85. The van der Waals surface area contributed by atoms with Crippen molar-refractivity contribution in [2.75, 3.05) is 13.2 Å². The van der Waals surface area contributed by atoms with Crippen LogP contribution in [0.25, 0.3) is 0 Å². The van der Waals surface area contributed by atoms with Crippen molar-refractivity contribution in [1.82, 2.24) is 0 Å². The first-order chi connectivity index (χ1) is 8.20. The van der Waals surface area contributed by atoms with E-state index in [0.29, 0.717) is 13.2 Å². The van der Waals surface area contributed by atoms with Crippen molar-refractivity contribution >= 4 is 6.02 Å². The molecule has 2 atom stereocenters. The second kappa shape index (κ2) is 5.14. The quantitative estimate of drug-likeness (QED) is 0.867. The molecule has 2 N–H and O–H groups in total. The van der Waals surface area contributed by atoms with Crippen molar-refractivity contribution in [3.8, 4) is 0 Å². The SMILES string of the molecule is CCOC(c1ccc(F)cc1)[C@@H]1COC(N)=N1. The average Bonchev–Trinajstić information content (AvgIpc) is 2.74. The van der Waals surface area contributed by atoms with Crippen LogP contribution in [-0.4, -0.2) is 25.3 Å². The lowest BCUT2D eigenvalue weighted by molar-refractivity contribution is 0.0374. The fourth-order valence-corrected chi connectivity index (χ4v) is 1.83. The summed E-state index contributed by atoms with van der Waals surface area (Å²) in [6, 6.07) is 6.22. The molecule has 0 radical (unpaired) electrons. The van der Waals surface area contributed by atoms with Gasteiger partial charge in [-0.25, -0.2) is 9.38 Å². The highest BCUT2D eigenvalue weighted by atomic mass is 19.1. The molecule has 0 aromatic heterocycles. The molecule has 0 saturated carbocycles. The fraction of sp³-hybridized carbons (Fsp3) is 0.417. The molecular weight excluding hydrogens is 223 g/mol. The highest BCUT2D eigenvalue weighted by Crippen LogP contribution is 2.26. The minimum Gasteiger partial charge on any atom is -0.463 e. The summed E-state index contributed by atoms with van der Waals surface area (Å²) in [7, 11) is 0. The maximum atomic E-state index is 12.9. The molecule has 0 aliphatic carbocycles. The lowest BCUT2D eigenvalue weighted by Crippen LogP contribution is -2.21. The molecule has 17 heavy (non-hydrogen) atoms. The Bertz CT molecular complexity index is 405. The lowest BCUT2D eigenvalue weighted by Gasteiger charge is -2.20. The van der Waals surface area contributed by atoms with Gasteiger partial charge in [0.25, 0.3) is 6.02 Å². The van der Waals surface area contributed by atoms with Crippen molar-refractivity contribution in [2.45, 2.75) is 19.1 Å². The van der Waals surface area contributed by atoms with Gasteiger partial charge >= 0.3 is 0 Å². The van der Waals surface area contributed by atoms with Crippen LogP contribution in [0, 0.1) is 5.82 Å². The molecule has 2 rings (SSSR count). The summed E-state index contributed by atoms with van der Waals surface area (Å²) >= 11 is 0. The Hall–Kier alpha value is -1.62. The molecule has 1 aromatic rings. The highest BCUT2D eigenvalue weighted by Gasteiger charge is 2.28. The third-order valence-corrected chi connectivity index (χ3v) is 2.59. The van der Waals surface area contributed by atoms with E-state index in [2.05, 4.69) is 4.99 Å². The van der Waals surface area contributed by atoms with E-state index in [4.69, 9.17) is 15.2 Å². The van der Waals surface area contributed by atoms with Gasteiger partial charge in [-0.2, -0.15) is 0 Å². The van der Waals surface area contributed by atoms with E-state index in [-0.39, 0.29) is 24.0 Å². The topological polar surface area (TPSA) is 56.8 Å². The third kappa shape index (κ3) is 2.74. The molecule has 1 aliphatic rings. The summed E-state index contributed by atoms with van der Waals surface area (Å²) in [6.07, 6.45) is -0.248. The van der Waals surface area contributed by atoms with Crippen molar-refractivity contribution in [1.29, 1.82) is 0 Å². The van der Waals surface area contributed by atoms with Gasteiger partial charge in [-0.05, 0) is 24.6 Å². The van der Waals surface area contributed by atoms with Gasteiger partial charge < -0.3 is 15.2 Å². The number of benzene rings is 1. The second-order valence-corrected chi connectivity index (χ2v) is 3.77. The number of hydrogen-bond donors (Lipinski definition) is 1. The van der Waals surface area contributed by atoms with Crippen LogP contribution in [0.15, 0.2) is 29.3 Å². The molecule has 1 heterocycles. The molecule has 0 spiro atoms. The standard InChI is InChI=1S/C12H15FN2O2/c1-2-16-11(10-7-17-12(14)15-10)8-3-5-9(13)6-4-8/h3-6,10-11H,2,7H2,1H3,(H2,14,15)/t10-,11?/m0/s1.